The van der Waals surface area contributed by atoms with Gasteiger partial charge in [-0.15, -0.1) is 0 Å². The minimum absolute atomic E-state index is 0.252. The molecule has 142 valence electrons. The normalized spacial score (nSPS) is 11.2. The van der Waals surface area contributed by atoms with Crippen LogP contribution >= 0.6 is 0 Å². The molecule has 0 unspecified atom stereocenters. The van der Waals surface area contributed by atoms with E-state index in [1.165, 1.54) is 0 Å². The number of aromatic nitrogens is 1. The standard InChI is InChI=1S/C21H17NO6/c1-3-17(23)26-11-5-7-13-15(9-11)22-21(25)19-14-8-6-12(27-18(24)4-2)10-16(14)28-20(13)19/h5-10H,3-4H2,1-2H3,(H,22,25). The Bertz CT molecular complexity index is 1300. The van der Waals surface area contributed by atoms with Crippen molar-refractivity contribution in [2.24, 2.45) is 0 Å². The van der Waals surface area contributed by atoms with Gasteiger partial charge < -0.3 is 18.9 Å². The maximum absolute atomic E-state index is 12.7. The molecule has 0 bridgehead atoms. The molecular formula is C21H17NO6. The zero-order valence-electron chi connectivity index (χ0n) is 15.3. The van der Waals surface area contributed by atoms with Gasteiger partial charge in [0, 0.05) is 35.7 Å². The quantitative estimate of drug-likeness (QED) is 0.424. The van der Waals surface area contributed by atoms with E-state index < -0.39 is 0 Å². The number of furan rings is 1. The Hall–Kier alpha value is -3.61. The van der Waals surface area contributed by atoms with Crippen molar-refractivity contribution in [3.63, 3.8) is 0 Å². The Labute approximate surface area is 158 Å². The molecule has 7 heteroatoms. The predicted octanol–water partition coefficient (Wildman–Crippen LogP) is 4.06. The number of hydrogen-bond acceptors (Lipinski definition) is 6. The van der Waals surface area contributed by atoms with Gasteiger partial charge in [0.25, 0.3) is 5.56 Å². The number of ether oxygens (including phenoxy) is 2. The molecule has 0 radical (unpaired) electrons. The second-order valence-corrected chi connectivity index (χ2v) is 6.28. The molecule has 2 heterocycles. The van der Waals surface area contributed by atoms with Crippen molar-refractivity contribution in [1.29, 1.82) is 0 Å². The van der Waals surface area contributed by atoms with E-state index >= 15 is 0 Å². The summed E-state index contributed by atoms with van der Waals surface area (Å²) >= 11 is 0. The van der Waals surface area contributed by atoms with Crippen molar-refractivity contribution in [3.8, 4) is 11.5 Å². The molecule has 0 aliphatic heterocycles. The number of hydrogen-bond donors (Lipinski definition) is 1. The minimum Gasteiger partial charge on any atom is -0.455 e. The summed E-state index contributed by atoms with van der Waals surface area (Å²) in [6, 6.07) is 9.87. The topological polar surface area (TPSA) is 98.6 Å². The average molecular weight is 379 g/mol. The van der Waals surface area contributed by atoms with Crippen molar-refractivity contribution in [2.75, 3.05) is 0 Å². The van der Waals surface area contributed by atoms with E-state index in [0.717, 1.165) is 0 Å². The highest BCUT2D eigenvalue weighted by atomic mass is 16.5. The Morgan fingerprint density at radius 3 is 2.18 bits per heavy atom. The lowest BCUT2D eigenvalue weighted by molar-refractivity contribution is -0.134. The molecule has 0 amide bonds. The fourth-order valence-electron chi connectivity index (χ4n) is 3.04. The first-order valence-electron chi connectivity index (χ1n) is 8.93. The lowest BCUT2D eigenvalue weighted by atomic mass is 10.1. The Balaban J connectivity index is 1.89. The first-order chi connectivity index (χ1) is 13.5. The predicted molar refractivity (Wildman–Crippen MR) is 104 cm³/mol. The van der Waals surface area contributed by atoms with Crippen LogP contribution in [0.5, 0.6) is 11.5 Å². The van der Waals surface area contributed by atoms with Gasteiger partial charge in [0.2, 0.25) is 0 Å². The molecule has 2 aromatic carbocycles. The van der Waals surface area contributed by atoms with Gasteiger partial charge in [0.1, 0.15) is 22.7 Å². The van der Waals surface area contributed by atoms with Gasteiger partial charge in [0.15, 0.2) is 0 Å². The van der Waals surface area contributed by atoms with E-state index in [2.05, 4.69) is 4.98 Å². The highest BCUT2D eigenvalue weighted by Gasteiger charge is 2.16. The summed E-state index contributed by atoms with van der Waals surface area (Å²) in [4.78, 5) is 38.5. The average Bonchev–Trinajstić information content (AvgIpc) is 3.07. The second-order valence-electron chi connectivity index (χ2n) is 6.28. The summed E-state index contributed by atoms with van der Waals surface area (Å²) in [6.45, 7) is 3.41. The van der Waals surface area contributed by atoms with Crippen LogP contribution in [0.4, 0.5) is 0 Å². The van der Waals surface area contributed by atoms with E-state index in [9.17, 15) is 14.4 Å². The van der Waals surface area contributed by atoms with Crippen LogP contribution in [0.15, 0.2) is 45.6 Å². The molecule has 0 aliphatic rings. The van der Waals surface area contributed by atoms with E-state index in [-0.39, 0.29) is 30.3 Å². The van der Waals surface area contributed by atoms with Gasteiger partial charge in [-0.25, -0.2) is 0 Å². The zero-order valence-corrected chi connectivity index (χ0v) is 15.3. The van der Waals surface area contributed by atoms with Crippen molar-refractivity contribution in [1.82, 2.24) is 4.98 Å². The van der Waals surface area contributed by atoms with Gasteiger partial charge in [-0.1, -0.05) is 13.8 Å². The van der Waals surface area contributed by atoms with Gasteiger partial charge in [-0.05, 0) is 24.3 Å². The number of fused-ring (bicyclic) bond motifs is 5. The van der Waals surface area contributed by atoms with Crippen LogP contribution in [0.3, 0.4) is 0 Å². The lowest BCUT2D eigenvalue weighted by Gasteiger charge is -2.04. The van der Waals surface area contributed by atoms with Crippen molar-refractivity contribution in [2.45, 2.75) is 26.7 Å². The van der Waals surface area contributed by atoms with E-state index in [1.807, 2.05) is 0 Å². The molecule has 0 aliphatic carbocycles. The molecule has 0 atom stereocenters. The second kappa shape index (κ2) is 6.84. The third-order valence-electron chi connectivity index (χ3n) is 4.41. The molecule has 2 aromatic heterocycles. The molecule has 0 spiro atoms. The summed E-state index contributed by atoms with van der Waals surface area (Å²) < 4.78 is 16.3. The van der Waals surface area contributed by atoms with Gasteiger partial charge >= 0.3 is 11.9 Å². The van der Waals surface area contributed by atoms with Crippen molar-refractivity contribution < 1.29 is 23.5 Å². The zero-order chi connectivity index (χ0) is 19.8. The molecule has 0 saturated heterocycles. The van der Waals surface area contributed by atoms with Crippen molar-refractivity contribution >= 4 is 44.8 Å². The number of carbonyl (C=O) groups is 2. The van der Waals surface area contributed by atoms with Crippen LogP contribution in [0.25, 0.3) is 32.8 Å². The van der Waals surface area contributed by atoms with Gasteiger partial charge in [-0.3, -0.25) is 14.4 Å². The number of carbonyl (C=O) groups excluding carboxylic acids is 2. The smallest absolute Gasteiger partial charge is 0.310 e. The van der Waals surface area contributed by atoms with Crippen LogP contribution in [-0.2, 0) is 9.59 Å². The highest BCUT2D eigenvalue weighted by molar-refractivity contribution is 6.13. The minimum atomic E-state index is -0.360. The molecule has 0 fully saturated rings. The number of nitrogens with one attached hydrogen (secondary N) is 1. The van der Waals surface area contributed by atoms with Crippen LogP contribution < -0.4 is 15.0 Å². The van der Waals surface area contributed by atoms with Gasteiger partial charge in [-0.2, -0.15) is 0 Å². The summed E-state index contributed by atoms with van der Waals surface area (Å²) in [5, 5.41) is 1.71. The van der Waals surface area contributed by atoms with Crippen molar-refractivity contribution in [3.05, 3.63) is 46.8 Å². The molecular weight excluding hydrogens is 362 g/mol. The summed E-state index contributed by atoms with van der Waals surface area (Å²) in [5.41, 5.74) is 1.03. The number of H-pyrrole nitrogens is 1. The number of aromatic amines is 1. The number of rotatable bonds is 4. The molecule has 7 nitrogen and oxygen atoms in total. The first-order valence-corrected chi connectivity index (χ1v) is 8.93. The first kappa shape index (κ1) is 17.8. The molecule has 0 saturated carbocycles. The fourth-order valence-corrected chi connectivity index (χ4v) is 3.04. The molecule has 28 heavy (non-hydrogen) atoms. The van der Waals surface area contributed by atoms with Gasteiger partial charge in [0.05, 0.1) is 10.9 Å². The van der Waals surface area contributed by atoms with Crippen LogP contribution in [0.2, 0.25) is 0 Å². The third-order valence-corrected chi connectivity index (χ3v) is 4.41. The Kier molecular flexibility index (Phi) is 4.35. The maximum atomic E-state index is 12.7. The van der Waals surface area contributed by atoms with Crippen LogP contribution in [-0.4, -0.2) is 16.9 Å². The monoisotopic (exact) mass is 379 g/mol. The van der Waals surface area contributed by atoms with E-state index in [0.29, 0.717) is 44.3 Å². The SMILES string of the molecule is CCC(=O)Oc1ccc2c(c1)[nH]c(=O)c1c3ccc(OC(=O)CC)cc3oc21. The van der Waals surface area contributed by atoms with Crippen LogP contribution in [0.1, 0.15) is 26.7 Å². The molecule has 1 N–H and O–H groups in total. The van der Waals surface area contributed by atoms with Crippen LogP contribution in [0, 0.1) is 0 Å². The highest BCUT2D eigenvalue weighted by Crippen LogP contribution is 2.33. The Morgan fingerprint density at radius 2 is 1.54 bits per heavy atom. The number of benzene rings is 2. The maximum Gasteiger partial charge on any atom is 0.310 e. The van der Waals surface area contributed by atoms with E-state index in [1.54, 1.807) is 50.2 Å². The molecule has 4 rings (SSSR count). The van der Waals surface area contributed by atoms with E-state index in [4.69, 9.17) is 13.9 Å². The largest absolute Gasteiger partial charge is 0.455 e. The fraction of sp³-hybridized carbons (Fsp3) is 0.190. The molecule has 4 aromatic rings. The Morgan fingerprint density at radius 1 is 0.929 bits per heavy atom. The summed E-state index contributed by atoms with van der Waals surface area (Å²) in [7, 11) is 0. The number of esters is 2. The third kappa shape index (κ3) is 3.00. The number of pyridine rings is 1. The summed E-state index contributed by atoms with van der Waals surface area (Å²) in [6.07, 6.45) is 0.509. The lowest BCUT2D eigenvalue weighted by Crippen LogP contribution is -2.07. The summed E-state index contributed by atoms with van der Waals surface area (Å²) in [5.74, 6) is -0.0132.